The van der Waals surface area contributed by atoms with E-state index in [1.165, 1.54) is 7.11 Å². The van der Waals surface area contributed by atoms with E-state index < -0.39 is 11.9 Å². The second-order valence-corrected chi connectivity index (χ2v) is 3.97. The SMILES string of the molecule is CCNc1cnc(C(F)(F)F)c(OC)c1I. The number of rotatable bonds is 3. The van der Waals surface area contributed by atoms with E-state index in [-0.39, 0.29) is 5.75 Å². The quantitative estimate of drug-likeness (QED) is 0.854. The molecule has 0 saturated heterocycles. The van der Waals surface area contributed by atoms with Gasteiger partial charge in [0.15, 0.2) is 11.4 Å². The van der Waals surface area contributed by atoms with Gasteiger partial charge in [0.2, 0.25) is 0 Å². The zero-order valence-corrected chi connectivity index (χ0v) is 10.8. The van der Waals surface area contributed by atoms with Crippen LogP contribution in [0.15, 0.2) is 6.20 Å². The summed E-state index contributed by atoms with van der Waals surface area (Å²) in [6.07, 6.45) is -3.34. The molecule has 0 unspecified atom stereocenters. The maximum atomic E-state index is 12.6. The standard InChI is InChI=1S/C9H10F3IN2O/c1-3-14-5-4-15-8(9(10,11)12)7(16-2)6(5)13/h4,14H,3H2,1-2H3. The molecule has 0 fully saturated rings. The third kappa shape index (κ3) is 2.69. The molecule has 0 amide bonds. The number of methoxy groups -OCH3 is 1. The summed E-state index contributed by atoms with van der Waals surface area (Å²) in [4.78, 5) is 3.38. The normalized spacial score (nSPS) is 11.4. The first-order valence-electron chi connectivity index (χ1n) is 4.45. The number of halogens is 4. The summed E-state index contributed by atoms with van der Waals surface area (Å²) in [5.41, 5.74) is -0.464. The Kier molecular flexibility index (Phi) is 4.22. The maximum absolute atomic E-state index is 12.6. The zero-order chi connectivity index (χ0) is 12.3. The van der Waals surface area contributed by atoms with Crippen molar-refractivity contribution in [1.29, 1.82) is 0 Å². The Hall–Kier alpha value is -0.730. The molecule has 0 aliphatic carbocycles. The Bertz CT molecular complexity index is 382. The first kappa shape index (κ1) is 13.3. The van der Waals surface area contributed by atoms with Crippen molar-refractivity contribution in [2.24, 2.45) is 0 Å². The van der Waals surface area contributed by atoms with E-state index in [1.807, 2.05) is 6.92 Å². The molecular weight excluding hydrogens is 336 g/mol. The average Bonchev–Trinajstić information content (AvgIpc) is 2.19. The number of alkyl halides is 3. The molecule has 90 valence electrons. The highest BCUT2D eigenvalue weighted by atomic mass is 127. The van der Waals surface area contributed by atoms with Gasteiger partial charge in [-0.2, -0.15) is 13.2 Å². The van der Waals surface area contributed by atoms with Gasteiger partial charge in [0.25, 0.3) is 0 Å². The molecule has 3 nitrogen and oxygen atoms in total. The van der Waals surface area contributed by atoms with Crippen molar-refractivity contribution in [3.8, 4) is 5.75 Å². The molecule has 0 spiro atoms. The molecule has 0 aliphatic heterocycles. The molecule has 0 bridgehead atoms. The van der Waals surface area contributed by atoms with Crippen LogP contribution in [0.4, 0.5) is 18.9 Å². The first-order valence-corrected chi connectivity index (χ1v) is 5.53. The fourth-order valence-corrected chi connectivity index (χ4v) is 1.98. The minimum Gasteiger partial charge on any atom is -0.493 e. The molecule has 7 heteroatoms. The third-order valence-corrected chi connectivity index (χ3v) is 2.88. The van der Waals surface area contributed by atoms with Gasteiger partial charge in [-0.1, -0.05) is 0 Å². The summed E-state index contributed by atoms with van der Waals surface area (Å²) in [6.45, 7) is 2.45. The monoisotopic (exact) mass is 346 g/mol. The van der Waals surface area contributed by atoms with Crippen molar-refractivity contribution in [3.05, 3.63) is 15.5 Å². The first-order chi connectivity index (χ1) is 7.41. The number of hydrogen-bond acceptors (Lipinski definition) is 3. The Labute approximate surface area is 105 Å². The van der Waals surface area contributed by atoms with Crippen LogP contribution in [0, 0.1) is 3.57 Å². The molecular formula is C9H10F3IN2O. The highest BCUT2D eigenvalue weighted by Crippen LogP contribution is 2.39. The van der Waals surface area contributed by atoms with E-state index in [9.17, 15) is 13.2 Å². The molecule has 16 heavy (non-hydrogen) atoms. The highest BCUT2D eigenvalue weighted by Gasteiger charge is 2.37. The third-order valence-electron chi connectivity index (χ3n) is 1.81. The predicted octanol–water partition coefficient (Wildman–Crippen LogP) is 3.15. The van der Waals surface area contributed by atoms with Gasteiger partial charge in [-0.3, -0.25) is 0 Å². The number of hydrogen-bond donors (Lipinski definition) is 1. The Morgan fingerprint density at radius 1 is 1.50 bits per heavy atom. The molecule has 1 rings (SSSR count). The van der Waals surface area contributed by atoms with Gasteiger partial charge in [0.1, 0.15) is 0 Å². The smallest absolute Gasteiger partial charge is 0.437 e. The average molecular weight is 346 g/mol. The van der Waals surface area contributed by atoms with Crippen molar-refractivity contribution < 1.29 is 17.9 Å². The lowest BCUT2D eigenvalue weighted by Crippen LogP contribution is -2.13. The lowest BCUT2D eigenvalue weighted by Gasteiger charge is -2.15. The lowest BCUT2D eigenvalue weighted by molar-refractivity contribution is -0.142. The summed E-state index contributed by atoms with van der Waals surface area (Å²) < 4.78 is 42.8. The molecule has 1 heterocycles. The number of ether oxygens (including phenoxy) is 1. The zero-order valence-electron chi connectivity index (χ0n) is 8.65. The van der Waals surface area contributed by atoms with Crippen molar-refractivity contribution in [2.75, 3.05) is 19.0 Å². The summed E-state index contributed by atoms with van der Waals surface area (Å²) in [7, 11) is 1.20. The van der Waals surface area contributed by atoms with Crippen molar-refractivity contribution in [1.82, 2.24) is 4.98 Å². The Balaban J connectivity index is 3.29. The molecule has 0 aromatic carbocycles. The van der Waals surface area contributed by atoms with Crippen LogP contribution in [0.2, 0.25) is 0 Å². The van der Waals surface area contributed by atoms with Gasteiger partial charge in [-0.05, 0) is 29.5 Å². The highest BCUT2D eigenvalue weighted by molar-refractivity contribution is 14.1. The van der Waals surface area contributed by atoms with Crippen LogP contribution in [0.5, 0.6) is 5.75 Å². The summed E-state index contributed by atoms with van der Waals surface area (Å²) in [5, 5.41) is 2.91. The fraction of sp³-hybridized carbons (Fsp3) is 0.444. The topological polar surface area (TPSA) is 34.2 Å². The molecule has 1 N–H and O–H groups in total. The van der Waals surface area contributed by atoms with Crippen LogP contribution in [0.1, 0.15) is 12.6 Å². The van der Waals surface area contributed by atoms with Crippen LogP contribution < -0.4 is 10.1 Å². The second-order valence-electron chi connectivity index (χ2n) is 2.90. The largest absolute Gasteiger partial charge is 0.493 e. The number of nitrogens with one attached hydrogen (secondary N) is 1. The second kappa shape index (κ2) is 5.07. The lowest BCUT2D eigenvalue weighted by atomic mass is 10.3. The minimum absolute atomic E-state index is 0.244. The van der Waals surface area contributed by atoms with E-state index in [0.717, 1.165) is 6.20 Å². The molecule has 1 aromatic rings. The van der Waals surface area contributed by atoms with E-state index in [4.69, 9.17) is 4.74 Å². The Morgan fingerprint density at radius 2 is 2.12 bits per heavy atom. The van der Waals surface area contributed by atoms with Crippen molar-refractivity contribution >= 4 is 28.3 Å². The van der Waals surface area contributed by atoms with E-state index in [1.54, 1.807) is 22.6 Å². The number of pyridine rings is 1. The summed E-state index contributed by atoms with van der Waals surface area (Å²) in [5.74, 6) is -0.244. The molecule has 0 atom stereocenters. The van der Waals surface area contributed by atoms with Gasteiger partial charge in [-0.15, -0.1) is 0 Å². The van der Waals surface area contributed by atoms with Crippen LogP contribution >= 0.6 is 22.6 Å². The van der Waals surface area contributed by atoms with Crippen LogP contribution in [0.3, 0.4) is 0 Å². The van der Waals surface area contributed by atoms with Crippen LogP contribution in [-0.4, -0.2) is 18.6 Å². The molecule has 0 saturated carbocycles. The molecule has 0 aliphatic rings. The van der Waals surface area contributed by atoms with Gasteiger partial charge >= 0.3 is 6.18 Å². The molecule has 1 aromatic heterocycles. The van der Waals surface area contributed by atoms with Gasteiger partial charge in [0.05, 0.1) is 22.6 Å². The van der Waals surface area contributed by atoms with Crippen molar-refractivity contribution in [2.45, 2.75) is 13.1 Å². The summed E-state index contributed by atoms with van der Waals surface area (Å²) in [6, 6.07) is 0. The maximum Gasteiger partial charge on any atom is 0.437 e. The van der Waals surface area contributed by atoms with Gasteiger partial charge in [-0.25, -0.2) is 4.98 Å². The fourth-order valence-electron chi connectivity index (χ4n) is 1.17. The van der Waals surface area contributed by atoms with Crippen molar-refractivity contribution in [3.63, 3.8) is 0 Å². The van der Waals surface area contributed by atoms with E-state index >= 15 is 0 Å². The summed E-state index contributed by atoms with van der Waals surface area (Å²) >= 11 is 1.80. The van der Waals surface area contributed by atoms with Crippen LogP contribution in [-0.2, 0) is 6.18 Å². The number of anilines is 1. The van der Waals surface area contributed by atoms with Gasteiger partial charge in [0, 0.05) is 6.54 Å². The molecule has 0 radical (unpaired) electrons. The number of nitrogens with zero attached hydrogens (tertiary/aromatic N) is 1. The minimum atomic E-state index is -4.50. The van der Waals surface area contributed by atoms with Gasteiger partial charge < -0.3 is 10.1 Å². The predicted molar refractivity (Wildman–Crippen MR) is 62.7 cm³/mol. The van der Waals surface area contributed by atoms with Crippen LogP contribution in [0.25, 0.3) is 0 Å². The van der Waals surface area contributed by atoms with E-state index in [0.29, 0.717) is 15.8 Å². The van der Waals surface area contributed by atoms with E-state index in [2.05, 4.69) is 10.3 Å². The Morgan fingerprint density at radius 3 is 2.56 bits per heavy atom. The number of aromatic nitrogens is 1.